The summed E-state index contributed by atoms with van der Waals surface area (Å²) in [6.45, 7) is 3.89. The maximum absolute atomic E-state index is 12.5. The number of aryl methyl sites for hydroxylation is 1. The molecular weight excluding hydrogens is 392 g/mol. The monoisotopic (exact) mass is 420 g/mol. The van der Waals surface area contributed by atoms with Crippen LogP contribution in [0.3, 0.4) is 0 Å². The first-order valence-corrected chi connectivity index (χ1v) is 9.74. The summed E-state index contributed by atoms with van der Waals surface area (Å²) in [6, 6.07) is 9.92. The molecule has 2 amide bonds. The fourth-order valence-corrected chi connectivity index (χ4v) is 3.36. The second-order valence-corrected chi connectivity index (χ2v) is 7.17. The Kier molecular flexibility index (Phi) is 8.60. The van der Waals surface area contributed by atoms with Gasteiger partial charge in [0.15, 0.2) is 5.82 Å². The number of benzene rings is 1. The van der Waals surface area contributed by atoms with Crippen molar-refractivity contribution in [2.24, 2.45) is 7.05 Å². The lowest BCUT2D eigenvalue weighted by atomic mass is 9.98. The molecule has 8 nitrogen and oxygen atoms in total. The number of hydrogen-bond acceptors (Lipinski definition) is 5. The van der Waals surface area contributed by atoms with Gasteiger partial charge in [-0.25, -0.2) is 4.68 Å². The normalized spacial score (nSPS) is 14.1. The quantitative estimate of drug-likeness (QED) is 0.711. The van der Waals surface area contributed by atoms with Crippen molar-refractivity contribution in [2.75, 3.05) is 31.5 Å². The minimum atomic E-state index is -0.268. The van der Waals surface area contributed by atoms with Crippen LogP contribution >= 0.6 is 12.4 Å². The molecule has 1 aromatic carbocycles. The number of rotatable bonds is 7. The van der Waals surface area contributed by atoms with E-state index in [2.05, 4.69) is 20.7 Å². The van der Waals surface area contributed by atoms with Gasteiger partial charge in [0, 0.05) is 26.4 Å². The number of amides is 2. The maximum Gasteiger partial charge on any atom is 0.246 e. The summed E-state index contributed by atoms with van der Waals surface area (Å²) in [4.78, 5) is 30.5. The molecule has 2 heterocycles. The Bertz CT molecular complexity index is 805. The lowest BCUT2D eigenvalue weighted by Gasteiger charge is -2.20. The van der Waals surface area contributed by atoms with Crippen molar-refractivity contribution in [1.82, 2.24) is 25.0 Å². The van der Waals surface area contributed by atoms with Crippen LogP contribution in [0, 0.1) is 0 Å². The van der Waals surface area contributed by atoms with E-state index in [0.717, 1.165) is 37.3 Å². The number of anilines is 1. The van der Waals surface area contributed by atoms with Gasteiger partial charge < -0.3 is 10.2 Å². The van der Waals surface area contributed by atoms with Crippen molar-refractivity contribution in [3.8, 4) is 0 Å². The van der Waals surface area contributed by atoms with Gasteiger partial charge >= 0.3 is 0 Å². The van der Waals surface area contributed by atoms with Crippen molar-refractivity contribution >= 4 is 30.2 Å². The average molecular weight is 421 g/mol. The summed E-state index contributed by atoms with van der Waals surface area (Å²) in [5.41, 5.74) is 1.13. The Balaban J connectivity index is 0.00000300. The minimum Gasteiger partial charge on any atom is -0.333 e. The number of aromatic nitrogens is 3. The third kappa shape index (κ3) is 6.54. The molecular formula is C20H29ClN6O2. The summed E-state index contributed by atoms with van der Waals surface area (Å²) in [5.74, 6) is 1.12. The molecule has 0 unspecified atom stereocenters. The predicted octanol–water partition coefficient (Wildman–Crippen LogP) is 1.73. The van der Waals surface area contributed by atoms with Gasteiger partial charge in [0.25, 0.3) is 0 Å². The molecule has 1 fully saturated rings. The average Bonchev–Trinajstić information content (AvgIpc) is 3.06. The molecule has 29 heavy (non-hydrogen) atoms. The first kappa shape index (κ1) is 22.8. The molecule has 0 bridgehead atoms. The third-order valence-electron chi connectivity index (χ3n) is 5.03. The van der Waals surface area contributed by atoms with Crippen molar-refractivity contribution < 1.29 is 9.59 Å². The molecule has 2 N–H and O–H groups in total. The minimum absolute atomic E-state index is 0. The molecule has 0 atom stereocenters. The van der Waals surface area contributed by atoms with Crippen molar-refractivity contribution in [1.29, 1.82) is 0 Å². The molecule has 1 saturated heterocycles. The number of nitrogens with one attached hydrogen (secondary N) is 2. The fourth-order valence-electron chi connectivity index (χ4n) is 3.36. The lowest BCUT2D eigenvalue weighted by molar-refractivity contribution is -0.132. The van der Waals surface area contributed by atoms with E-state index in [4.69, 9.17) is 0 Å². The smallest absolute Gasteiger partial charge is 0.246 e. The molecule has 0 saturated carbocycles. The highest BCUT2D eigenvalue weighted by molar-refractivity contribution is 5.93. The maximum atomic E-state index is 12.5. The van der Waals surface area contributed by atoms with Crippen LogP contribution in [0.15, 0.2) is 30.3 Å². The van der Waals surface area contributed by atoms with Crippen LogP contribution in [-0.4, -0.2) is 57.7 Å². The first-order valence-electron chi connectivity index (χ1n) is 9.74. The summed E-state index contributed by atoms with van der Waals surface area (Å²) in [5, 5.41) is 10.6. The van der Waals surface area contributed by atoms with Crippen LogP contribution in [-0.2, 0) is 23.1 Å². The topological polar surface area (TPSA) is 92.2 Å². The largest absolute Gasteiger partial charge is 0.333 e. The van der Waals surface area contributed by atoms with E-state index in [1.807, 2.05) is 30.3 Å². The van der Waals surface area contributed by atoms with E-state index in [-0.39, 0.29) is 30.8 Å². The molecule has 1 aromatic heterocycles. The fraction of sp³-hybridized carbons (Fsp3) is 0.500. The van der Waals surface area contributed by atoms with Crippen LogP contribution in [0.2, 0.25) is 0 Å². The Morgan fingerprint density at radius 3 is 2.59 bits per heavy atom. The van der Waals surface area contributed by atoms with Crippen LogP contribution in [0.5, 0.6) is 0 Å². The van der Waals surface area contributed by atoms with E-state index < -0.39 is 0 Å². The Morgan fingerprint density at radius 1 is 1.24 bits per heavy atom. The van der Waals surface area contributed by atoms with E-state index in [1.165, 1.54) is 6.92 Å². The molecule has 1 aliphatic heterocycles. The highest BCUT2D eigenvalue weighted by Gasteiger charge is 2.22. The zero-order chi connectivity index (χ0) is 19.9. The standard InChI is InChI=1S/C20H28N6O2.ClH/c1-15(27)26(13-10-16-6-4-3-5-7-16)14-18(28)22-20-23-19(24-25(20)2)17-8-11-21-12-9-17;/h3-7,17,21H,8-14H2,1-2H3,(H,22,23,24,28);1H. The Morgan fingerprint density at radius 2 is 1.93 bits per heavy atom. The van der Waals surface area contributed by atoms with Crippen LogP contribution in [0.4, 0.5) is 5.95 Å². The summed E-state index contributed by atoms with van der Waals surface area (Å²) < 4.78 is 1.59. The second kappa shape index (κ2) is 10.9. The zero-order valence-electron chi connectivity index (χ0n) is 16.9. The molecule has 0 aliphatic carbocycles. The highest BCUT2D eigenvalue weighted by atomic mass is 35.5. The second-order valence-electron chi connectivity index (χ2n) is 7.17. The van der Waals surface area contributed by atoms with E-state index in [1.54, 1.807) is 16.6 Å². The van der Waals surface area contributed by atoms with Crippen molar-refractivity contribution in [2.45, 2.75) is 32.1 Å². The summed E-state index contributed by atoms with van der Waals surface area (Å²) in [7, 11) is 1.77. The van der Waals surface area contributed by atoms with Gasteiger partial charge in [-0.15, -0.1) is 12.4 Å². The SMILES string of the molecule is CC(=O)N(CCc1ccccc1)CC(=O)Nc1nc(C2CCNCC2)nn1C.Cl. The number of hydrogen-bond donors (Lipinski definition) is 2. The number of carbonyl (C=O) groups is 2. The van der Waals surface area contributed by atoms with Crippen LogP contribution < -0.4 is 10.6 Å². The van der Waals surface area contributed by atoms with Gasteiger partial charge in [-0.1, -0.05) is 30.3 Å². The van der Waals surface area contributed by atoms with Gasteiger partial charge in [0.05, 0.1) is 6.54 Å². The molecule has 0 radical (unpaired) electrons. The highest BCUT2D eigenvalue weighted by Crippen LogP contribution is 2.23. The van der Waals surface area contributed by atoms with E-state index in [9.17, 15) is 9.59 Å². The lowest BCUT2D eigenvalue weighted by Crippen LogP contribution is -2.38. The van der Waals surface area contributed by atoms with Crippen molar-refractivity contribution in [3.63, 3.8) is 0 Å². The Labute approximate surface area is 177 Å². The van der Waals surface area contributed by atoms with Crippen molar-refractivity contribution in [3.05, 3.63) is 41.7 Å². The van der Waals surface area contributed by atoms with E-state index in [0.29, 0.717) is 24.8 Å². The number of carbonyl (C=O) groups excluding carboxylic acids is 2. The Hall–Kier alpha value is -2.45. The van der Waals surface area contributed by atoms with Crippen LogP contribution in [0.25, 0.3) is 0 Å². The number of halogens is 1. The van der Waals surface area contributed by atoms with Gasteiger partial charge in [0.1, 0.15) is 0 Å². The molecule has 0 spiro atoms. The molecule has 1 aliphatic rings. The number of piperidine rings is 1. The predicted molar refractivity (Wildman–Crippen MR) is 114 cm³/mol. The van der Waals surface area contributed by atoms with Gasteiger partial charge in [0.2, 0.25) is 17.8 Å². The molecule has 158 valence electrons. The summed E-state index contributed by atoms with van der Waals surface area (Å²) >= 11 is 0. The van der Waals surface area contributed by atoms with E-state index >= 15 is 0 Å². The molecule has 9 heteroatoms. The first-order chi connectivity index (χ1) is 13.5. The van der Waals surface area contributed by atoms with Gasteiger partial charge in [-0.2, -0.15) is 10.1 Å². The van der Waals surface area contributed by atoms with Crippen LogP contribution in [0.1, 0.15) is 37.1 Å². The van der Waals surface area contributed by atoms with Gasteiger partial charge in [-0.05, 0) is 37.9 Å². The molecule has 2 aromatic rings. The third-order valence-corrected chi connectivity index (χ3v) is 5.03. The number of nitrogens with zero attached hydrogens (tertiary/aromatic N) is 4. The zero-order valence-corrected chi connectivity index (χ0v) is 17.7. The summed E-state index contributed by atoms with van der Waals surface area (Å²) in [6.07, 6.45) is 2.70. The van der Waals surface area contributed by atoms with Gasteiger partial charge in [-0.3, -0.25) is 14.9 Å². The molecule has 3 rings (SSSR count).